The fraction of sp³-hybridized carbons (Fsp3) is 0.353. The van der Waals surface area contributed by atoms with Crippen LogP contribution in [0.5, 0.6) is 0 Å². The molecular weight excluding hydrogens is 312 g/mol. The summed E-state index contributed by atoms with van der Waals surface area (Å²) in [5, 5.41) is 3.29. The molecule has 1 N–H and O–H groups in total. The quantitative estimate of drug-likeness (QED) is 0.852. The molecule has 0 aromatic carbocycles. The lowest BCUT2D eigenvalue weighted by Gasteiger charge is -2.18. The number of carbonyl (C=O) groups excluding carboxylic acids is 1. The van der Waals surface area contributed by atoms with Crippen LogP contribution in [0.15, 0.2) is 30.4 Å². The maximum atomic E-state index is 12.2. The van der Waals surface area contributed by atoms with Crippen molar-refractivity contribution in [3.8, 4) is 0 Å². The number of hydrogen-bond acceptors (Lipinski definition) is 3. The van der Waals surface area contributed by atoms with Gasteiger partial charge in [0.25, 0.3) is 0 Å². The second kappa shape index (κ2) is 5.81. The van der Waals surface area contributed by atoms with Crippen molar-refractivity contribution >= 4 is 40.3 Å². The van der Waals surface area contributed by atoms with Crippen LogP contribution in [0.1, 0.15) is 33.6 Å². The van der Waals surface area contributed by atoms with Crippen molar-refractivity contribution in [1.82, 2.24) is 14.5 Å². The molecule has 1 aliphatic carbocycles. The zero-order chi connectivity index (χ0) is 16.6. The van der Waals surface area contributed by atoms with Gasteiger partial charge in [0.05, 0.1) is 5.70 Å². The van der Waals surface area contributed by atoms with E-state index in [9.17, 15) is 4.79 Å². The summed E-state index contributed by atoms with van der Waals surface area (Å²) in [5.41, 5.74) is 2.38. The summed E-state index contributed by atoms with van der Waals surface area (Å²) < 4.78 is 1.82. The number of aromatic nitrogens is 3. The molecule has 6 heteroatoms. The lowest BCUT2D eigenvalue weighted by atomic mass is 9.90. The summed E-state index contributed by atoms with van der Waals surface area (Å²) in [4.78, 5) is 21.0. The number of carbonyl (C=O) groups is 1. The van der Waals surface area contributed by atoms with Gasteiger partial charge < -0.3 is 0 Å². The number of pyridine rings is 1. The second-order valence-corrected chi connectivity index (χ2v) is 7.19. The molecule has 0 spiro atoms. The van der Waals surface area contributed by atoms with Crippen LogP contribution in [0, 0.1) is 5.41 Å². The third kappa shape index (κ3) is 3.45. The normalized spacial score (nSPS) is 13.8. The molecule has 0 saturated heterocycles. The Bertz CT molecular complexity index is 827. The first-order valence-corrected chi connectivity index (χ1v) is 7.95. The van der Waals surface area contributed by atoms with Crippen molar-refractivity contribution in [2.75, 3.05) is 5.32 Å². The van der Waals surface area contributed by atoms with Crippen LogP contribution in [0.3, 0.4) is 0 Å². The van der Waals surface area contributed by atoms with Gasteiger partial charge in [-0.15, -0.1) is 0 Å². The van der Waals surface area contributed by atoms with Gasteiger partial charge in [-0.2, -0.15) is 0 Å². The van der Waals surface area contributed by atoms with Crippen LogP contribution in [-0.4, -0.2) is 20.4 Å². The van der Waals surface area contributed by atoms with Crippen molar-refractivity contribution in [2.24, 2.45) is 5.41 Å². The average molecular weight is 331 g/mol. The molecule has 5 nitrogen and oxygen atoms in total. The highest BCUT2D eigenvalue weighted by Gasteiger charge is 2.19. The average Bonchev–Trinajstić information content (AvgIpc) is 2.72. The zero-order valence-electron chi connectivity index (χ0n) is 13.4. The highest BCUT2D eigenvalue weighted by atomic mass is 35.5. The van der Waals surface area contributed by atoms with Crippen LogP contribution < -0.4 is 5.32 Å². The summed E-state index contributed by atoms with van der Waals surface area (Å²) in [6.07, 6.45) is 7.07. The van der Waals surface area contributed by atoms with Gasteiger partial charge in [0.1, 0.15) is 10.7 Å². The van der Waals surface area contributed by atoms with Crippen LogP contribution >= 0.6 is 11.6 Å². The molecule has 3 rings (SSSR count). The van der Waals surface area contributed by atoms with Gasteiger partial charge in [-0.25, -0.2) is 9.97 Å². The van der Waals surface area contributed by atoms with Crippen molar-refractivity contribution in [1.29, 1.82) is 0 Å². The topological polar surface area (TPSA) is 59.8 Å². The number of halogens is 1. The molecule has 2 aromatic rings. The van der Waals surface area contributed by atoms with Gasteiger partial charge in [0.15, 0.2) is 5.65 Å². The first-order valence-electron chi connectivity index (χ1n) is 7.57. The van der Waals surface area contributed by atoms with Crippen molar-refractivity contribution < 1.29 is 4.79 Å². The fourth-order valence-electron chi connectivity index (χ4n) is 2.27. The Kier molecular flexibility index (Phi) is 3.98. The maximum Gasteiger partial charge on any atom is 0.226 e. The monoisotopic (exact) mass is 330 g/mol. The first kappa shape index (κ1) is 15.7. The van der Waals surface area contributed by atoms with E-state index in [0.717, 1.165) is 12.1 Å². The molecule has 0 aliphatic heterocycles. The molecular formula is C17H19ClN4O. The molecule has 2 aromatic heterocycles. The minimum atomic E-state index is -0.0496. The van der Waals surface area contributed by atoms with Crippen LogP contribution in [0.4, 0.5) is 5.95 Å². The van der Waals surface area contributed by atoms with E-state index in [4.69, 9.17) is 11.6 Å². The second-order valence-electron chi connectivity index (χ2n) is 6.81. The maximum absolute atomic E-state index is 12.2. The Balaban J connectivity index is 1.89. The zero-order valence-corrected chi connectivity index (χ0v) is 14.2. The van der Waals surface area contributed by atoms with Crippen LogP contribution in [0.2, 0.25) is 5.15 Å². The SMILES string of the molecule is CC(C)(C)CCC(=O)Nc1nc2ccc(Cl)nc2n1C1=CC=C1. The van der Waals surface area contributed by atoms with E-state index in [1.807, 2.05) is 22.8 Å². The van der Waals surface area contributed by atoms with Gasteiger partial charge in [-0.05, 0) is 36.1 Å². The van der Waals surface area contributed by atoms with Gasteiger partial charge in [0.2, 0.25) is 11.9 Å². The van der Waals surface area contributed by atoms with E-state index in [0.29, 0.717) is 28.7 Å². The van der Waals surface area contributed by atoms with E-state index in [1.165, 1.54) is 0 Å². The van der Waals surface area contributed by atoms with Gasteiger partial charge >= 0.3 is 0 Å². The minimum Gasteiger partial charge on any atom is -0.296 e. The summed E-state index contributed by atoms with van der Waals surface area (Å²) in [6.45, 7) is 6.35. The molecule has 1 amide bonds. The highest BCUT2D eigenvalue weighted by molar-refractivity contribution is 6.29. The summed E-state index contributed by atoms with van der Waals surface area (Å²) >= 11 is 5.99. The number of nitrogens with zero attached hydrogens (tertiary/aromatic N) is 3. The summed E-state index contributed by atoms with van der Waals surface area (Å²) in [6, 6.07) is 3.49. The van der Waals surface area contributed by atoms with Gasteiger partial charge in [0, 0.05) is 6.42 Å². The summed E-state index contributed by atoms with van der Waals surface area (Å²) in [7, 11) is 0. The van der Waals surface area contributed by atoms with Crippen molar-refractivity contribution in [2.45, 2.75) is 33.6 Å². The molecule has 23 heavy (non-hydrogen) atoms. The third-order valence-electron chi connectivity index (χ3n) is 3.62. The predicted octanol–water partition coefficient (Wildman–Crippen LogP) is 4.26. The number of fused-ring (bicyclic) bond motifs is 1. The fourth-order valence-corrected chi connectivity index (χ4v) is 2.41. The van der Waals surface area contributed by atoms with Crippen LogP contribution in [0.25, 0.3) is 16.9 Å². The molecule has 0 atom stereocenters. The molecule has 1 aliphatic rings. The highest BCUT2D eigenvalue weighted by Crippen LogP contribution is 2.28. The summed E-state index contributed by atoms with van der Waals surface area (Å²) in [5.74, 6) is 0.427. The lowest BCUT2D eigenvalue weighted by molar-refractivity contribution is -0.116. The Labute approximate surface area is 140 Å². The van der Waals surface area contributed by atoms with Crippen molar-refractivity contribution in [3.05, 3.63) is 35.5 Å². The standard InChI is InChI=1S/C17H19ClN4O/c1-17(2,3)10-9-14(23)21-16-19-12-7-8-13(18)20-15(12)22(16)11-5-4-6-11/h4-8H,9-10H2,1-3H3,(H,19,21,23). The number of hydrogen-bond donors (Lipinski definition) is 1. The largest absolute Gasteiger partial charge is 0.296 e. The number of rotatable bonds is 4. The van der Waals surface area contributed by atoms with E-state index in [2.05, 4.69) is 36.1 Å². The lowest BCUT2D eigenvalue weighted by Crippen LogP contribution is -2.18. The number of imidazole rings is 1. The van der Waals surface area contributed by atoms with Gasteiger partial charge in [-0.3, -0.25) is 14.7 Å². The smallest absolute Gasteiger partial charge is 0.226 e. The molecule has 120 valence electrons. The molecule has 0 bridgehead atoms. The number of anilines is 1. The van der Waals surface area contributed by atoms with E-state index < -0.39 is 0 Å². The van der Waals surface area contributed by atoms with Crippen LogP contribution in [-0.2, 0) is 4.79 Å². The number of amides is 1. The number of nitrogens with one attached hydrogen (secondary N) is 1. The predicted molar refractivity (Wildman–Crippen MR) is 93.3 cm³/mol. The first-order chi connectivity index (χ1) is 10.8. The Hall–Kier alpha value is -2.14. The number of allylic oxidation sites excluding steroid dienone is 4. The molecule has 0 fully saturated rings. The molecule has 0 unspecified atom stereocenters. The van der Waals surface area contributed by atoms with Crippen molar-refractivity contribution in [3.63, 3.8) is 0 Å². The van der Waals surface area contributed by atoms with E-state index >= 15 is 0 Å². The Morgan fingerprint density at radius 2 is 2.04 bits per heavy atom. The molecule has 2 heterocycles. The Morgan fingerprint density at radius 1 is 1.30 bits per heavy atom. The Morgan fingerprint density at radius 3 is 2.65 bits per heavy atom. The van der Waals surface area contributed by atoms with E-state index in [-0.39, 0.29) is 11.3 Å². The molecule has 0 radical (unpaired) electrons. The van der Waals surface area contributed by atoms with E-state index in [1.54, 1.807) is 12.1 Å². The minimum absolute atomic E-state index is 0.0496. The van der Waals surface area contributed by atoms with Gasteiger partial charge in [-0.1, -0.05) is 38.4 Å². The third-order valence-corrected chi connectivity index (χ3v) is 3.83. The molecule has 0 saturated carbocycles.